The summed E-state index contributed by atoms with van der Waals surface area (Å²) in [5.74, 6) is 1.19. The lowest BCUT2D eigenvalue weighted by Gasteiger charge is -2.02. The largest absolute Gasteiger partial charge is 0.255 e. The van der Waals surface area contributed by atoms with E-state index in [9.17, 15) is 0 Å². The molecule has 0 fully saturated rings. The third-order valence-electron chi connectivity index (χ3n) is 4.41. The standard InChI is InChI=1S/C20H36N2/c1-3-4-5-6-7-8-9-10-11-12-13-14-15-16-18-22-19-17-21-20(22)2/h16-19H,3-15H2,1-2H3/p+1. The number of aryl methyl sites for hydroxylation is 1. The highest BCUT2D eigenvalue weighted by atomic mass is 15.0. The Labute approximate surface area is 138 Å². The highest BCUT2D eigenvalue weighted by molar-refractivity contribution is 5.06. The zero-order valence-corrected chi connectivity index (χ0v) is 14.9. The molecule has 1 heterocycles. The first-order valence-electron chi connectivity index (χ1n) is 9.56. The minimum atomic E-state index is 1.19. The van der Waals surface area contributed by atoms with Gasteiger partial charge in [0.15, 0.2) is 0 Å². The number of allylic oxidation sites excluding steroid dienone is 1. The maximum atomic E-state index is 3.18. The van der Waals surface area contributed by atoms with Crippen LogP contribution < -0.4 is 4.57 Å². The van der Waals surface area contributed by atoms with Crippen LogP contribution in [-0.2, 0) is 0 Å². The van der Waals surface area contributed by atoms with Crippen molar-refractivity contribution in [3.8, 4) is 0 Å². The lowest BCUT2D eigenvalue weighted by molar-refractivity contribution is -0.574. The van der Waals surface area contributed by atoms with Gasteiger partial charge in [0, 0.05) is 6.92 Å². The average molecular weight is 306 g/mol. The molecule has 0 atom stereocenters. The highest BCUT2D eigenvalue weighted by Crippen LogP contribution is 2.12. The number of rotatable bonds is 14. The molecular formula is C20H37N2+. The number of nitrogens with zero attached hydrogens (tertiary/aromatic N) is 1. The molecule has 1 aromatic heterocycles. The molecule has 2 nitrogen and oxygen atoms in total. The van der Waals surface area contributed by atoms with E-state index in [1.165, 1.54) is 89.3 Å². The van der Waals surface area contributed by atoms with Gasteiger partial charge in [-0.15, -0.1) is 0 Å². The van der Waals surface area contributed by atoms with Crippen LogP contribution in [0.2, 0.25) is 0 Å². The Hall–Kier alpha value is -1.05. The van der Waals surface area contributed by atoms with E-state index in [4.69, 9.17) is 0 Å². The van der Waals surface area contributed by atoms with Crippen LogP contribution in [0.15, 0.2) is 18.5 Å². The molecule has 2 heteroatoms. The van der Waals surface area contributed by atoms with Crippen molar-refractivity contribution in [1.82, 2.24) is 4.98 Å². The molecule has 126 valence electrons. The van der Waals surface area contributed by atoms with Crippen molar-refractivity contribution in [3.63, 3.8) is 0 Å². The van der Waals surface area contributed by atoms with Gasteiger partial charge in [-0.2, -0.15) is 0 Å². The maximum Gasteiger partial charge on any atom is 0.255 e. The summed E-state index contributed by atoms with van der Waals surface area (Å²) in [4.78, 5) is 3.18. The fraction of sp³-hybridized carbons (Fsp3) is 0.750. The molecule has 1 aromatic rings. The summed E-state index contributed by atoms with van der Waals surface area (Å²) in [6.07, 6.45) is 26.8. The molecule has 0 saturated carbocycles. The molecule has 0 amide bonds. The van der Waals surface area contributed by atoms with Crippen LogP contribution in [0, 0.1) is 6.92 Å². The van der Waals surface area contributed by atoms with Gasteiger partial charge in [0.2, 0.25) is 0 Å². The lowest BCUT2D eigenvalue weighted by atomic mass is 10.0. The molecule has 0 aromatic carbocycles. The molecule has 0 aliphatic carbocycles. The molecular weight excluding hydrogens is 268 g/mol. The van der Waals surface area contributed by atoms with Crippen LogP contribution in [0.1, 0.15) is 96.2 Å². The van der Waals surface area contributed by atoms with Crippen molar-refractivity contribution in [2.24, 2.45) is 0 Å². The summed E-state index contributed by atoms with van der Waals surface area (Å²) in [7, 11) is 0. The first kappa shape index (κ1) is 19.0. The summed E-state index contributed by atoms with van der Waals surface area (Å²) >= 11 is 0. The van der Waals surface area contributed by atoms with Gasteiger partial charge in [-0.25, -0.2) is 9.55 Å². The lowest BCUT2D eigenvalue weighted by Crippen LogP contribution is -2.26. The first-order chi connectivity index (χ1) is 10.8. The van der Waals surface area contributed by atoms with Gasteiger partial charge < -0.3 is 0 Å². The van der Waals surface area contributed by atoms with Gasteiger partial charge in [0.05, 0.1) is 6.20 Å². The van der Waals surface area contributed by atoms with Gasteiger partial charge in [0.25, 0.3) is 5.82 Å². The van der Waals surface area contributed by atoms with Crippen LogP contribution in [0.4, 0.5) is 0 Å². The van der Waals surface area contributed by atoms with E-state index in [2.05, 4.69) is 41.9 Å². The topological polar surface area (TPSA) is 19.7 Å². The third-order valence-corrected chi connectivity index (χ3v) is 4.41. The summed E-state index contributed by atoms with van der Waals surface area (Å²) in [5, 5.41) is 0. The third kappa shape index (κ3) is 9.81. The predicted molar refractivity (Wildman–Crippen MR) is 96.7 cm³/mol. The summed E-state index contributed by atoms with van der Waals surface area (Å²) in [5.41, 5.74) is 0. The molecule has 1 N–H and O–H groups in total. The van der Waals surface area contributed by atoms with Gasteiger partial charge >= 0.3 is 0 Å². The Morgan fingerprint density at radius 1 is 0.864 bits per heavy atom. The van der Waals surface area contributed by atoms with Gasteiger partial charge in [-0.1, -0.05) is 77.6 Å². The van der Waals surface area contributed by atoms with Gasteiger partial charge in [-0.05, 0) is 18.9 Å². The second kappa shape index (κ2) is 13.6. The first-order valence-corrected chi connectivity index (χ1v) is 9.56. The summed E-state index contributed by atoms with van der Waals surface area (Å²) in [6.45, 7) is 4.38. The molecule has 0 saturated heterocycles. The summed E-state index contributed by atoms with van der Waals surface area (Å²) in [6, 6.07) is 0. The smallest absolute Gasteiger partial charge is 0.247 e. The number of hydrogen-bond acceptors (Lipinski definition) is 0. The number of nitrogens with one attached hydrogen (secondary N) is 1. The normalized spacial score (nSPS) is 11.5. The molecule has 22 heavy (non-hydrogen) atoms. The number of hydrogen-bond donors (Lipinski definition) is 1. The van der Waals surface area contributed by atoms with E-state index >= 15 is 0 Å². The molecule has 0 unspecified atom stereocenters. The highest BCUT2D eigenvalue weighted by Gasteiger charge is 1.98. The molecule has 0 spiro atoms. The quantitative estimate of drug-likeness (QED) is 0.313. The number of unbranched alkanes of at least 4 members (excludes halogenated alkanes) is 12. The minimum Gasteiger partial charge on any atom is -0.247 e. The van der Waals surface area contributed by atoms with Crippen LogP contribution >= 0.6 is 0 Å². The van der Waals surface area contributed by atoms with E-state index in [-0.39, 0.29) is 0 Å². The molecule has 1 rings (SSSR count). The fourth-order valence-corrected chi connectivity index (χ4v) is 2.88. The summed E-state index contributed by atoms with van der Waals surface area (Å²) < 4.78 is 2.14. The number of H-pyrrole nitrogens is 1. The van der Waals surface area contributed by atoms with Crippen LogP contribution in [0.5, 0.6) is 0 Å². The Morgan fingerprint density at radius 2 is 1.41 bits per heavy atom. The predicted octanol–water partition coefficient (Wildman–Crippen LogP) is 6.17. The van der Waals surface area contributed by atoms with Crippen LogP contribution in [-0.4, -0.2) is 4.98 Å². The van der Waals surface area contributed by atoms with E-state index in [0.717, 1.165) is 0 Å². The van der Waals surface area contributed by atoms with Crippen molar-refractivity contribution in [3.05, 3.63) is 24.3 Å². The number of aromatic amines is 1. The maximum absolute atomic E-state index is 3.18. The minimum absolute atomic E-state index is 1.19. The molecule has 0 aliphatic heterocycles. The average Bonchev–Trinajstić information content (AvgIpc) is 2.93. The van der Waals surface area contributed by atoms with E-state index in [1.807, 2.05) is 6.20 Å². The van der Waals surface area contributed by atoms with Crippen molar-refractivity contribution in [1.29, 1.82) is 0 Å². The Morgan fingerprint density at radius 3 is 1.91 bits per heavy atom. The Balaban J connectivity index is 1.80. The van der Waals surface area contributed by atoms with Crippen molar-refractivity contribution >= 4 is 6.20 Å². The molecule has 0 radical (unpaired) electrons. The number of aromatic nitrogens is 2. The Kier molecular flexibility index (Phi) is 11.7. The van der Waals surface area contributed by atoms with Crippen LogP contribution in [0.3, 0.4) is 0 Å². The van der Waals surface area contributed by atoms with Gasteiger partial charge in [0.1, 0.15) is 12.4 Å². The monoisotopic (exact) mass is 305 g/mol. The zero-order valence-electron chi connectivity index (χ0n) is 14.9. The number of imidazole rings is 1. The molecule has 0 bridgehead atoms. The molecule has 0 aliphatic rings. The second-order valence-corrected chi connectivity index (χ2v) is 6.52. The zero-order chi connectivity index (χ0) is 15.9. The second-order valence-electron chi connectivity index (χ2n) is 6.52. The van der Waals surface area contributed by atoms with Crippen molar-refractivity contribution in [2.75, 3.05) is 0 Å². The van der Waals surface area contributed by atoms with Crippen molar-refractivity contribution < 1.29 is 4.57 Å². The Bertz CT molecular complexity index is 379. The fourth-order valence-electron chi connectivity index (χ4n) is 2.88. The SMILES string of the molecule is CCCCCCCCCCCCCCC=C[n+]1cc[nH]c1C. The van der Waals surface area contributed by atoms with E-state index < -0.39 is 0 Å². The van der Waals surface area contributed by atoms with Gasteiger partial charge in [-0.3, -0.25) is 0 Å². The van der Waals surface area contributed by atoms with E-state index in [0.29, 0.717) is 0 Å². The van der Waals surface area contributed by atoms with Crippen LogP contribution in [0.25, 0.3) is 6.20 Å². The van der Waals surface area contributed by atoms with E-state index in [1.54, 1.807) is 0 Å². The van der Waals surface area contributed by atoms with Crippen molar-refractivity contribution in [2.45, 2.75) is 97.3 Å².